The summed E-state index contributed by atoms with van der Waals surface area (Å²) in [5, 5.41) is 13.5. The van der Waals surface area contributed by atoms with Gasteiger partial charge in [0.2, 0.25) is 5.91 Å². The minimum Gasteiger partial charge on any atom is -0.353 e. The Balaban J connectivity index is 2.30. The topological polar surface area (TPSA) is 71.8 Å². The predicted molar refractivity (Wildman–Crippen MR) is 60.8 cm³/mol. The molecule has 0 aromatic carbocycles. The Morgan fingerprint density at radius 3 is 2.81 bits per heavy atom. The molecule has 0 atom stereocenters. The van der Waals surface area contributed by atoms with E-state index in [1.165, 1.54) is 0 Å². The largest absolute Gasteiger partial charge is 0.353 e. The summed E-state index contributed by atoms with van der Waals surface area (Å²) in [5.41, 5.74) is -0.531. The summed E-state index contributed by atoms with van der Waals surface area (Å²) >= 11 is 0. The van der Waals surface area contributed by atoms with Gasteiger partial charge in [-0.05, 0) is 20.4 Å². The number of aromatic nitrogens is 3. The molecular formula is C10H19N5O. The highest BCUT2D eigenvalue weighted by Gasteiger charge is 2.25. The van der Waals surface area contributed by atoms with E-state index < -0.39 is 5.54 Å². The Morgan fingerprint density at radius 2 is 2.25 bits per heavy atom. The Morgan fingerprint density at radius 1 is 1.50 bits per heavy atom. The molecule has 6 nitrogen and oxygen atoms in total. The molecule has 0 saturated heterocycles. The summed E-state index contributed by atoms with van der Waals surface area (Å²) in [4.78, 5) is 11.8. The molecule has 1 amide bonds. The summed E-state index contributed by atoms with van der Waals surface area (Å²) in [6, 6.07) is 0. The standard InChI is InChI=1S/C10H19N5O/c1-4-12-10(2,3)9(16)11-5-7-15-8-6-13-14-15/h6,8,12H,4-5,7H2,1-3H3,(H,11,16). The van der Waals surface area contributed by atoms with Gasteiger partial charge in [0.05, 0.1) is 18.3 Å². The van der Waals surface area contributed by atoms with Crippen LogP contribution in [0.5, 0.6) is 0 Å². The smallest absolute Gasteiger partial charge is 0.239 e. The van der Waals surface area contributed by atoms with Crippen LogP contribution in [0.2, 0.25) is 0 Å². The van der Waals surface area contributed by atoms with E-state index in [4.69, 9.17) is 0 Å². The summed E-state index contributed by atoms with van der Waals surface area (Å²) in [6.07, 6.45) is 3.38. The highest BCUT2D eigenvalue weighted by molar-refractivity contribution is 5.85. The van der Waals surface area contributed by atoms with Gasteiger partial charge in [0.15, 0.2) is 0 Å². The second-order valence-corrected chi connectivity index (χ2v) is 4.08. The van der Waals surface area contributed by atoms with E-state index in [0.29, 0.717) is 13.1 Å². The molecule has 0 aliphatic rings. The van der Waals surface area contributed by atoms with E-state index in [9.17, 15) is 4.79 Å². The highest BCUT2D eigenvalue weighted by Crippen LogP contribution is 2.00. The maximum absolute atomic E-state index is 11.8. The zero-order valence-corrected chi connectivity index (χ0v) is 10.0. The van der Waals surface area contributed by atoms with Gasteiger partial charge in [0, 0.05) is 12.7 Å². The number of hydrogen-bond acceptors (Lipinski definition) is 4. The predicted octanol–water partition coefficient (Wildman–Crippen LogP) is -0.218. The van der Waals surface area contributed by atoms with Crippen LogP contribution < -0.4 is 10.6 Å². The number of rotatable bonds is 6. The third kappa shape index (κ3) is 3.62. The normalized spacial score (nSPS) is 11.4. The van der Waals surface area contributed by atoms with Crippen LogP contribution in [0, 0.1) is 0 Å². The maximum Gasteiger partial charge on any atom is 0.239 e. The first-order valence-corrected chi connectivity index (χ1v) is 5.43. The number of amides is 1. The number of nitrogens with zero attached hydrogens (tertiary/aromatic N) is 3. The van der Waals surface area contributed by atoms with E-state index in [1.807, 2.05) is 20.8 Å². The summed E-state index contributed by atoms with van der Waals surface area (Å²) in [7, 11) is 0. The average Bonchev–Trinajstić information content (AvgIpc) is 2.70. The first-order valence-electron chi connectivity index (χ1n) is 5.43. The third-order valence-electron chi connectivity index (χ3n) is 2.28. The van der Waals surface area contributed by atoms with Crippen LogP contribution in [0.1, 0.15) is 20.8 Å². The molecule has 1 heterocycles. The fourth-order valence-corrected chi connectivity index (χ4v) is 1.38. The van der Waals surface area contributed by atoms with Crippen LogP contribution in [0.25, 0.3) is 0 Å². The summed E-state index contributed by atoms with van der Waals surface area (Å²) < 4.78 is 1.68. The minimum absolute atomic E-state index is 0.00512. The van der Waals surface area contributed by atoms with Crippen molar-refractivity contribution in [3.63, 3.8) is 0 Å². The van der Waals surface area contributed by atoms with Gasteiger partial charge in [-0.2, -0.15) is 0 Å². The van der Waals surface area contributed by atoms with Crippen LogP contribution in [-0.4, -0.2) is 39.5 Å². The first-order chi connectivity index (χ1) is 7.56. The lowest BCUT2D eigenvalue weighted by atomic mass is 10.0. The maximum atomic E-state index is 11.8. The third-order valence-corrected chi connectivity index (χ3v) is 2.28. The first kappa shape index (κ1) is 12.6. The molecule has 16 heavy (non-hydrogen) atoms. The molecule has 1 aromatic heterocycles. The lowest BCUT2D eigenvalue weighted by Crippen LogP contribution is -2.53. The lowest BCUT2D eigenvalue weighted by Gasteiger charge is -2.24. The van der Waals surface area contributed by atoms with Crippen LogP contribution in [-0.2, 0) is 11.3 Å². The Hall–Kier alpha value is -1.43. The number of likely N-dealkylation sites (N-methyl/N-ethyl adjacent to an activating group) is 1. The summed E-state index contributed by atoms with van der Waals surface area (Å²) in [5.74, 6) is -0.00512. The molecular weight excluding hydrogens is 206 g/mol. The van der Waals surface area contributed by atoms with Gasteiger partial charge < -0.3 is 10.6 Å². The second kappa shape index (κ2) is 5.60. The zero-order chi connectivity index (χ0) is 12.0. The summed E-state index contributed by atoms with van der Waals surface area (Å²) in [6.45, 7) is 7.65. The van der Waals surface area contributed by atoms with Crippen LogP contribution in [0.4, 0.5) is 0 Å². The molecule has 0 fully saturated rings. The second-order valence-electron chi connectivity index (χ2n) is 4.08. The van der Waals surface area contributed by atoms with Crippen molar-refractivity contribution in [1.29, 1.82) is 0 Å². The molecule has 0 radical (unpaired) electrons. The van der Waals surface area contributed by atoms with Crippen molar-refractivity contribution in [1.82, 2.24) is 25.6 Å². The van der Waals surface area contributed by atoms with E-state index in [-0.39, 0.29) is 5.91 Å². The van der Waals surface area contributed by atoms with E-state index in [2.05, 4.69) is 20.9 Å². The van der Waals surface area contributed by atoms with Gasteiger partial charge in [0.1, 0.15) is 0 Å². The molecule has 1 rings (SSSR count). The molecule has 0 aliphatic heterocycles. The number of carbonyl (C=O) groups excluding carboxylic acids is 1. The average molecular weight is 225 g/mol. The van der Waals surface area contributed by atoms with Crippen molar-refractivity contribution in [2.75, 3.05) is 13.1 Å². The fourth-order valence-electron chi connectivity index (χ4n) is 1.38. The van der Waals surface area contributed by atoms with Crippen molar-refractivity contribution < 1.29 is 4.79 Å². The van der Waals surface area contributed by atoms with Crippen molar-refractivity contribution in [3.8, 4) is 0 Å². The van der Waals surface area contributed by atoms with Crippen molar-refractivity contribution in [2.24, 2.45) is 0 Å². The van der Waals surface area contributed by atoms with Crippen LogP contribution >= 0.6 is 0 Å². The lowest BCUT2D eigenvalue weighted by molar-refractivity contribution is -0.126. The van der Waals surface area contributed by atoms with Crippen LogP contribution in [0.15, 0.2) is 12.4 Å². The molecule has 0 spiro atoms. The molecule has 0 aliphatic carbocycles. The van der Waals surface area contributed by atoms with Gasteiger partial charge in [-0.1, -0.05) is 12.1 Å². The van der Waals surface area contributed by atoms with Gasteiger partial charge in [-0.25, -0.2) is 0 Å². The molecule has 0 saturated carbocycles. The number of hydrogen-bond donors (Lipinski definition) is 2. The number of carbonyl (C=O) groups is 1. The molecule has 6 heteroatoms. The van der Waals surface area contributed by atoms with Gasteiger partial charge in [-0.15, -0.1) is 5.10 Å². The monoisotopic (exact) mass is 225 g/mol. The van der Waals surface area contributed by atoms with Gasteiger partial charge >= 0.3 is 0 Å². The fraction of sp³-hybridized carbons (Fsp3) is 0.700. The highest BCUT2D eigenvalue weighted by atomic mass is 16.2. The van der Waals surface area contributed by atoms with E-state index >= 15 is 0 Å². The van der Waals surface area contributed by atoms with Crippen molar-refractivity contribution in [2.45, 2.75) is 32.9 Å². The minimum atomic E-state index is -0.531. The Labute approximate surface area is 95.4 Å². The Bertz CT molecular complexity index is 320. The number of nitrogens with one attached hydrogen (secondary N) is 2. The molecule has 90 valence electrons. The van der Waals surface area contributed by atoms with Crippen molar-refractivity contribution >= 4 is 5.91 Å². The molecule has 0 bridgehead atoms. The SMILES string of the molecule is CCNC(C)(C)C(=O)NCCn1ccnn1. The Kier molecular flexibility index (Phi) is 4.42. The van der Waals surface area contributed by atoms with Crippen LogP contribution in [0.3, 0.4) is 0 Å². The zero-order valence-electron chi connectivity index (χ0n) is 10.0. The van der Waals surface area contributed by atoms with Gasteiger partial charge in [0.25, 0.3) is 0 Å². The molecule has 0 unspecified atom stereocenters. The van der Waals surface area contributed by atoms with Crippen molar-refractivity contribution in [3.05, 3.63) is 12.4 Å². The van der Waals surface area contributed by atoms with E-state index in [0.717, 1.165) is 6.54 Å². The molecule has 1 aromatic rings. The van der Waals surface area contributed by atoms with E-state index in [1.54, 1.807) is 17.1 Å². The van der Waals surface area contributed by atoms with Gasteiger partial charge in [-0.3, -0.25) is 9.48 Å². The quantitative estimate of drug-likeness (QED) is 0.702. The molecule has 2 N–H and O–H groups in total.